The van der Waals surface area contributed by atoms with E-state index in [1.807, 2.05) is 11.6 Å². The second kappa shape index (κ2) is 4.64. The van der Waals surface area contributed by atoms with Crippen molar-refractivity contribution in [3.63, 3.8) is 0 Å². The van der Waals surface area contributed by atoms with Crippen molar-refractivity contribution in [2.45, 2.75) is 18.3 Å². The van der Waals surface area contributed by atoms with Gasteiger partial charge in [-0.3, -0.25) is 0 Å². The van der Waals surface area contributed by atoms with E-state index in [0.717, 1.165) is 25.9 Å². The zero-order valence-corrected chi connectivity index (χ0v) is 7.39. The number of hydrogen-bond acceptors (Lipinski definition) is 4. The molecule has 0 amide bonds. The molecule has 3 nitrogen and oxygen atoms in total. The summed E-state index contributed by atoms with van der Waals surface area (Å²) in [4.78, 5) is 2.14. The lowest BCUT2D eigenvalue weighted by Gasteiger charge is -2.20. The van der Waals surface area contributed by atoms with Crippen LogP contribution in [0.2, 0.25) is 0 Å². The molecule has 1 rings (SSSR count). The normalized spacial score (nSPS) is 23.1. The largest absolute Gasteiger partial charge is 0.353 e. The van der Waals surface area contributed by atoms with Crippen molar-refractivity contribution in [3.8, 4) is 0 Å². The van der Waals surface area contributed by atoms with Gasteiger partial charge in [-0.05, 0) is 24.8 Å². The fraction of sp³-hybridized carbons (Fsp3) is 0.714. The molecule has 11 heavy (non-hydrogen) atoms. The van der Waals surface area contributed by atoms with Gasteiger partial charge in [-0.15, -0.1) is 0 Å². The maximum atomic E-state index is 5.76. The van der Waals surface area contributed by atoms with Crippen LogP contribution < -0.4 is 11.5 Å². The van der Waals surface area contributed by atoms with Crippen molar-refractivity contribution in [2.75, 3.05) is 13.1 Å². The maximum absolute atomic E-state index is 5.76. The highest BCUT2D eigenvalue weighted by atomic mass is 32.2. The summed E-state index contributed by atoms with van der Waals surface area (Å²) >= 11 is 1.66. The topological polar surface area (TPSA) is 55.3 Å². The first kappa shape index (κ1) is 8.90. The van der Waals surface area contributed by atoms with Gasteiger partial charge in [-0.25, -0.2) is 0 Å². The van der Waals surface area contributed by atoms with Crippen LogP contribution in [0.3, 0.4) is 0 Å². The van der Waals surface area contributed by atoms with E-state index < -0.39 is 0 Å². The molecule has 1 aliphatic rings. The fourth-order valence-corrected chi connectivity index (χ4v) is 1.72. The predicted molar refractivity (Wildman–Crippen MR) is 49.7 cm³/mol. The van der Waals surface area contributed by atoms with Crippen LogP contribution in [0.4, 0.5) is 0 Å². The molecular weight excluding hydrogens is 158 g/mol. The molecule has 0 aromatic rings. The molecule has 0 aliphatic carbocycles. The smallest absolute Gasteiger partial charge is 0.129 e. The monoisotopic (exact) mass is 173 g/mol. The first-order valence-electron chi connectivity index (χ1n) is 3.88. The Morgan fingerprint density at radius 1 is 1.45 bits per heavy atom. The van der Waals surface area contributed by atoms with Gasteiger partial charge in [0.1, 0.15) is 5.50 Å². The van der Waals surface area contributed by atoms with Crippen LogP contribution in [-0.2, 0) is 0 Å². The molecule has 0 aromatic heterocycles. The number of nitrogens with zero attached hydrogens (tertiary/aromatic N) is 1. The van der Waals surface area contributed by atoms with E-state index in [4.69, 9.17) is 11.5 Å². The van der Waals surface area contributed by atoms with E-state index in [2.05, 4.69) is 4.90 Å². The summed E-state index contributed by atoms with van der Waals surface area (Å²) in [5.74, 6) is 0. The van der Waals surface area contributed by atoms with Gasteiger partial charge in [-0.2, -0.15) is 0 Å². The Hall–Kier alpha value is -0.190. The molecule has 1 aliphatic heterocycles. The van der Waals surface area contributed by atoms with Gasteiger partial charge in [0.05, 0.1) is 0 Å². The number of unbranched alkanes of at least 4 members (excludes halogenated alkanes) is 1. The molecule has 4 N–H and O–H groups in total. The minimum Gasteiger partial charge on any atom is -0.353 e. The third-order valence-electron chi connectivity index (χ3n) is 1.67. The molecule has 0 saturated carbocycles. The number of thioether (sulfide) groups is 1. The predicted octanol–water partition coefficient (Wildman–Crippen LogP) is 0.488. The van der Waals surface area contributed by atoms with Crippen LogP contribution in [-0.4, -0.2) is 23.5 Å². The van der Waals surface area contributed by atoms with Crippen LogP contribution in [0.15, 0.2) is 11.6 Å². The van der Waals surface area contributed by atoms with Crippen molar-refractivity contribution in [1.29, 1.82) is 0 Å². The Bertz CT molecular complexity index is 138. The molecule has 64 valence electrons. The van der Waals surface area contributed by atoms with Crippen molar-refractivity contribution >= 4 is 11.8 Å². The molecule has 1 unspecified atom stereocenters. The summed E-state index contributed by atoms with van der Waals surface area (Å²) in [5, 5.41) is 2.03. The van der Waals surface area contributed by atoms with Gasteiger partial charge in [0.15, 0.2) is 0 Å². The Morgan fingerprint density at radius 3 is 2.82 bits per heavy atom. The third-order valence-corrected chi connectivity index (χ3v) is 2.50. The first-order chi connectivity index (χ1) is 5.34. The van der Waals surface area contributed by atoms with Crippen molar-refractivity contribution in [3.05, 3.63) is 11.6 Å². The molecule has 1 heterocycles. The average Bonchev–Trinajstić information content (AvgIpc) is 2.37. The summed E-state index contributed by atoms with van der Waals surface area (Å²) in [5.41, 5.74) is 11.3. The van der Waals surface area contributed by atoms with Gasteiger partial charge < -0.3 is 16.4 Å². The van der Waals surface area contributed by atoms with E-state index in [0.29, 0.717) is 0 Å². The van der Waals surface area contributed by atoms with E-state index in [1.54, 1.807) is 11.8 Å². The SMILES string of the molecule is NCCCCN1C=CSC1N. The van der Waals surface area contributed by atoms with Crippen LogP contribution in [0.5, 0.6) is 0 Å². The average molecular weight is 173 g/mol. The molecule has 0 radical (unpaired) electrons. The van der Waals surface area contributed by atoms with Crippen LogP contribution in [0.1, 0.15) is 12.8 Å². The Kier molecular flexibility index (Phi) is 3.76. The molecule has 0 saturated heterocycles. The lowest BCUT2D eigenvalue weighted by Crippen LogP contribution is -2.33. The number of rotatable bonds is 4. The summed E-state index contributed by atoms with van der Waals surface area (Å²) in [6, 6.07) is 0. The second-order valence-electron chi connectivity index (χ2n) is 2.55. The highest BCUT2D eigenvalue weighted by molar-refractivity contribution is 8.02. The first-order valence-corrected chi connectivity index (χ1v) is 4.82. The van der Waals surface area contributed by atoms with Gasteiger partial charge in [0.2, 0.25) is 0 Å². The van der Waals surface area contributed by atoms with Crippen LogP contribution in [0.25, 0.3) is 0 Å². The second-order valence-corrected chi connectivity index (χ2v) is 3.57. The number of nitrogens with two attached hydrogens (primary N) is 2. The summed E-state index contributed by atoms with van der Waals surface area (Å²) in [7, 11) is 0. The lowest BCUT2D eigenvalue weighted by atomic mass is 10.3. The van der Waals surface area contributed by atoms with Crippen LogP contribution >= 0.6 is 11.8 Å². The van der Waals surface area contributed by atoms with E-state index in [1.165, 1.54) is 0 Å². The van der Waals surface area contributed by atoms with Gasteiger partial charge in [-0.1, -0.05) is 11.8 Å². The molecule has 0 spiro atoms. The van der Waals surface area contributed by atoms with E-state index in [-0.39, 0.29) is 5.50 Å². The fourth-order valence-electron chi connectivity index (χ4n) is 0.997. The van der Waals surface area contributed by atoms with Crippen molar-refractivity contribution in [2.24, 2.45) is 11.5 Å². The minimum atomic E-state index is 0.132. The van der Waals surface area contributed by atoms with E-state index in [9.17, 15) is 0 Å². The Morgan fingerprint density at radius 2 is 2.27 bits per heavy atom. The summed E-state index contributed by atoms with van der Waals surface area (Å²) < 4.78 is 0. The minimum absolute atomic E-state index is 0.132. The third kappa shape index (κ3) is 2.73. The van der Waals surface area contributed by atoms with E-state index >= 15 is 0 Å². The summed E-state index contributed by atoms with van der Waals surface area (Å²) in [6.07, 6.45) is 4.27. The van der Waals surface area contributed by atoms with Gasteiger partial charge >= 0.3 is 0 Å². The lowest BCUT2D eigenvalue weighted by molar-refractivity contribution is 0.357. The Labute approximate surface area is 71.8 Å². The zero-order valence-electron chi connectivity index (χ0n) is 6.57. The van der Waals surface area contributed by atoms with Crippen LogP contribution in [0, 0.1) is 0 Å². The van der Waals surface area contributed by atoms with Gasteiger partial charge in [0.25, 0.3) is 0 Å². The quantitative estimate of drug-likeness (QED) is 0.607. The molecule has 0 aromatic carbocycles. The highest BCUT2D eigenvalue weighted by Crippen LogP contribution is 2.20. The molecule has 1 atom stereocenters. The molecular formula is C7H15N3S. The van der Waals surface area contributed by atoms with Crippen molar-refractivity contribution < 1.29 is 0 Å². The molecule has 0 fully saturated rings. The standard InChI is InChI=1S/C7H15N3S/c8-3-1-2-4-10-5-6-11-7(10)9/h5-7H,1-4,8-9H2. The van der Waals surface area contributed by atoms with Crippen molar-refractivity contribution in [1.82, 2.24) is 4.90 Å². The van der Waals surface area contributed by atoms with Gasteiger partial charge in [0, 0.05) is 12.7 Å². The molecule has 4 heteroatoms. The summed E-state index contributed by atoms with van der Waals surface area (Å²) in [6.45, 7) is 1.81. The maximum Gasteiger partial charge on any atom is 0.129 e. The zero-order chi connectivity index (χ0) is 8.10. The Balaban J connectivity index is 2.10. The molecule has 0 bridgehead atoms. The number of hydrogen-bond donors (Lipinski definition) is 2. The highest BCUT2D eigenvalue weighted by Gasteiger charge is 2.13.